The molecule has 0 spiro atoms. The molecule has 0 bridgehead atoms. The summed E-state index contributed by atoms with van der Waals surface area (Å²) in [5, 5.41) is 2.98. The first-order chi connectivity index (χ1) is 17.5. The molecule has 3 aromatic rings. The molecule has 0 fully saturated rings. The van der Waals surface area contributed by atoms with Crippen molar-refractivity contribution in [1.82, 2.24) is 5.32 Å². The maximum Gasteiger partial charge on any atom is 0.338 e. The monoisotopic (exact) mass is 486 g/mol. The van der Waals surface area contributed by atoms with Gasteiger partial charge in [0, 0.05) is 5.70 Å². The van der Waals surface area contributed by atoms with Crippen LogP contribution in [0, 0.1) is 0 Å². The van der Waals surface area contributed by atoms with Gasteiger partial charge in [-0.2, -0.15) is 0 Å². The van der Waals surface area contributed by atoms with Crippen molar-refractivity contribution in [2.24, 2.45) is 0 Å². The molecule has 1 heterocycles. The molecule has 186 valence electrons. The van der Waals surface area contributed by atoms with E-state index in [4.69, 9.17) is 14.2 Å². The van der Waals surface area contributed by atoms with E-state index in [1.54, 1.807) is 26.0 Å². The van der Waals surface area contributed by atoms with E-state index in [0.29, 0.717) is 47.2 Å². The molecule has 7 heteroatoms. The van der Waals surface area contributed by atoms with E-state index in [2.05, 4.69) is 5.32 Å². The SMILES string of the molecule is CCOC(=O)C1=C(C)N(c2ccccc2)C(=O)N[C@H]1c1ccc(OCc2ccccc2)c(OCC)c1. The summed E-state index contributed by atoms with van der Waals surface area (Å²) in [5.41, 5.74) is 3.26. The minimum absolute atomic E-state index is 0.220. The lowest BCUT2D eigenvalue weighted by Crippen LogP contribution is -2.48. The van der Waals surface area contributed by atoms with E-state index < -0.39 is 12.0 Å². The van der Waals surface area contributed by atoms with Crippen molar-refractivity contribution >= 4 is 17.7 Å². The number of carbonyl (C=O) groups excluding carboxylic acids is 2. The molecular weight excluding hydrogens is 456 g/mol. The molecule has 0 unspecified atom stereocenters. The summed E-state index contributed by atoms with van der Waals surface area (Å²) in [5.74, 6) is 0.630. The number of carbonyl (C=O) groups is 2. The maximum atomic E-state index is 13.2. The minimum atomic E-state index is -0.709. The lowest BCUT2D eigenvalue weighted by molar-refractivity contribution is -0.139. The Hall–Kier alpha value is -4.26. The highest BCUT2D eigenvalue weighted by Crippen LogP contribution is 2.38. The van der Waals surface area contributed by atoms with Crippen LogP contribution in [0.2, 0.25) is 0 Å². The number of amides is 2. The Balaban J connectivity index is 1.71. The quantitative estimate of drug-likeness (QED) is 0.389. The zero-order chi connectivity index (χ0) is 25.5. The standard InChI is InChI=1S/C29H30N2O5/c1-4-34-25-18-22(16-17-24(25)36-19-21-12-8-6-9-13-21)27-26(28(32)35-5-2)20(3)31(29(33)30-27)23-14-10-7-11-15-23/h6-18,27H,4-5,19H2,1-3H3,(H,30,33)/t27-/m0/s1. The number of nitrogens with zero attached hydrogens (tertiary/aromatic N) is 1. The predicted molar refractivity (Wildman–Crippen MR) is 138 cm³/mol. The average Bonchev–Trinajstić information content (AvgIpc) is 2.89. The Kier molecular flexibility index (Phi) is 7.90. The summed E-state index contributed by atoms with van der Waals surface area (Å²) in [6.07, 6.45) is 0. The third-order valence-corrected chi connectivity index (χ3v) is 5.83. The Morgan fingerprint density at radius 2 is 1.58 bits per heavy atom. The van der Waals surface area contributed by atoms with Gasteiger partial charge < -0.3 is 19.5 Å². The van der Waals surface area contributed by atoms with Gasteiger partial charge in [0.15, 0.2) is 11.5 Å². The van der Waals surface area contributed by atoms with Crippen LogP contribution in [0.1, 0.15) is 37.9 Å². The highest BCUT2D eigenvalue weighted by Gasteiger charge is 2.37. The van der Waals surface area contributed by atoms with Crippen molar-refractivity contribution in [2.75, 3.05) is 18.1 Å². The number of hydrogen-bond donors (Lipinski definition) is 1. The molecule has 36 heavy (non-hydrogen) atoms. The van der Waals surface area contributed by atoms with Gasteiger partial charge in [-0.25, -0.2) is 9.59 Å². The van der Waals surface area contributed by atoms with E-state index in [1.165, 1.54) is 4.90 Å². The number of urea groups is 1. The van der Waals surface area contributed by atoms with Gasteiger partial charge in [0.25, 0.3) is 0 Å². The van der Waals surface area contributed by atoms with Crippen LogP contribution >= 0.6 is 0 Å². The van der Waals surface area contributed by atoms with Crippen molar-refractivity contribution in [3.05, 3.63) is 101 Å². The van der Waals surface area contributed by atoms with Crippen LogP contribution in [0.5, 0.6) is 11.5 Å². The van der Waals surface area contributed by atoms with Gasteiger partial charge in [-0.1, -0.05) is 54.6 Å². The summed E-state index contributed by atoms with van der Waals surface area (Å²) in [4.78, 5) is 27.8. The molecule has 0 radical (unpaired) electrons. The van der Waals surface area contributed by atoms with E-state index >= 15 is 0 Å². The smallest absolute Gasteiger partial charge is 0.338 e. The zero-order valence-electron chi connectivity index (χ0n) is 20.7. The van der Waals surface area contributed by atoms with Gasteiger partial charge in [-0.3, -0.25) is 4.90 Å². The number of hydrogen-bond acceptors (Lipinski definition) is 5. The van der Waals surface area contributed by atoms with E-state index in [-0.39, 0.29) is 12.6 Å². The second-order valence-corrected chi connectivity index (χ2v) is 8.19. The van der Waals surface area contributed by atoms with Crippen molar-refractivity contribution in [3.63, 3.8) is 0 Å². The fourth-order valence-electron chi connectivity index (χ4n) is 4.18. The van der Waals surface area contributed by atoms with Crippen LogP contribution in [0.4, 0.5) is 10.5 Å². The number of allylic oxidation sites excluding steroid dienone is 1. The number of para-hydroxylation sites is 1. The van der Waals surface area contributed by atoms with Crippen LogP contribution in [0.15, 0.2) is 90.1 Å². The van der Waals surface area contributed by atoms with E-state index in [1.807, 2.05) is 73.7 Å². The lowest BCUT2D eigenvalue weighted by atomic mass is 9.94. The molecule has 0 saturated heterocycles. The van der Waals surface area contributed by atoms with Crippen LogP contribution in [-0.2, 0) is 16.1 Å². The summed E-state index contributed by atoms with van der Waals surface area (Å²) in [7, 11) is 0. The molecule has 2 amide bonds. The highest BCUT2D eigenvalue weighted by atomic mass is 16.5. The maximum absolute atomic E-state index is 13.2. The first-order valence-electron chi connectivity index (χ1n) is 12.0. The molecule has 0 saturated carbocycles. The van der Waals surface area contributed by atoms with Crippen LogP contribution < -0.4 is 19.7 Å². The molecular formula is C29H30N2O5. The van der Waals surface area contributed by atoms with Crippen molar-refractivity contribution in [2.45, 2.75) is 33.4 Å². The normalized spacial score (nSPS) is 15.4. The number of ether oxygens (including phenoxy) is 3. The second-order valence-electron chi connectivity index (χ2n) is 8.19. The summed E-state index contributed by atoms with van der Waals surface area (Å²) >= 11 is 0. The van der Waals surface area contributed by atoms with Gasteiger partial charge in [-0.15, -0.1) is 0 Å². The molecule has 0 aromatic heterocycles. The Bertz CT molecular complexity index is 1240. The summed E-state index contributed by atoms with van der Waals surface area (Å²) < 4.78 is 17.3. The zero-order valence-corrected chi connectivity index (χ0v) is 20.7. The van der Waals surface area contributed by atoms with Gasteiger partial charge in [0.05, 0.1) is 30.5 Å². The number of rotatable bonds is 9. The fourth-order valence-corrected chi connectivity index (χ4v) is 4.18. The van der Waals surface area contributed by atoms with Gasteiger partial charge in [0.1, 0.15) is 6.61 Å². The molecule has 0 aliphatic carbocycles. The van der Waals surface area contributed by atoms with E-state index in [0.717, 1.165) is 5.56 Å². The van der Waals surface area contributed by atoms with Gasteiger partial charge in [-0.05, 0) is 56.2 Å². The molecule has 3 aromatic carbocycles. The minimum Gasteiger partial charge on any atom is -0.490 e. The van der Waals surface area contributed by atoms with Crippen molar-refractivity contribution < 1.29 is 23.8 Å². The first kappa shape index (κ1) is 24.9. The first-order valence-corrected chi connectivity index (χ1v) is 12.0. The van der Waals surface area contributed by atoms with Crippen molar-refractivity contribution in [1.29, 1.82) is 0 Å². The fraction of sp³-hybridized carbons (Fsp3) is 0.241. The Labute approximate surface area is 211 Å². The number of nitrogens with one attached hydrogen (secondary N) is 1. The predicted octanol–water partition coefficient (Wildman–Crippen LogP) is 5.77. The van der Waals surface area contributed by atoms with Crippen LogP contribution in [-0.4, -0.2) is 25.2 Å². The Morgan fingerprint density at radius 1 is 0.889 bits per heavy atom. The topological polar surface area (TPSA) is 77.1 Å². The Morgan fingerprint density at radius 3 is 2.25 bits per heavy atom. The van der Waals surface area contributed by atoms with Crippen LogP contribution in [0.25, 0.3) is 0 Å². The molecule has 1 N–H and O–H groups in total. The summed E-state index contributed by atoms with van der Waals surface area (Å²) in [6, 6.07) is 23.4. The molecule has 4 rings (SSSR count). The highest BCUT2D eigenvalue weighted by molar-refractivity contribution is 6.03. The third-order valence-electron chi connectivity index (χ3n) is 5.83. The number of benzene rings is 3. The average molecular weight is 487 g/mol. The van der Waals surface area contributed by atoms with E-state index in [9.17, 15) is 9.59 Å². The molecule has 7 nitrogen and oxygen atoms in total. The lowest BCUT2D eigenvalue weighted by Gasteiger charge is -2.35. The molecule has 1 aliphatic rings. The number of esters is 1. The second kappa shape index (κ2) is 11.4. The van der Waals surface area contributed by atoms with Crippen LogP contribution in [0.3, 0.4) is 0 Å². The van der Waals surface area contributed by atoms with Crippen molar-refractivity contribution in [3.8, 4) is 11.5 Å². The molecule has 1 atom stereocenters. The van der Waals surface area contributed by atoms with Gasteiger partial charge >= 0.3 is 12.0 Å². The largest absolute Gasteiger partial charge is 0.490 e. The summed E-state index contributed by atoms with van der Waals surface area (Å²) in [6.45, 7) is 6.44. The third kappa shape index (κ3) is 5.35. The van der Waals surface area contributed by atoms with Gasteiger partial charge in [0.2, 0.25) is 0 Å². The molecule has 1 aliphatic heterocycles. The number of anilines is 1.